The highest BCUT2D eigenvalue weighted by Crippen LogP contribution is 2.26. The van der Waals surface area contributed by atoms with Crippen molar-refractivity contribution in [2.24, 2.45) is 0 Å². The molecule has 0 aliphatic carbocycles. The van der Waals surface area contributed by atoms with Crippen LogP contribution in [0.5, 0.6) is 5.88 Å². The van der Waals surface area contributed by atoms with Gasteiger partial charge in [-0.15, -0.1) is 4.37 Å². The first-order chi connectivity index (χ1) is 15.0. The summed E-state index contributed by atoms with van der Waals surface area (Å²) in [5, 5.41) is 12.2. The number of nitrogens with zero attached hydrogens (tertiary/aromatic N) is 3. The largest absolute Gasteiger partial charge is 0.472 e. The first-order valence-corrected chi connectivity index (χ1v) is 6.57. The molecule has 1 saturated heterocycles. The van der Waals surface area contributed by atoms with E-state index < -0.39 is 76.3 Å². The van der Waals surface area contributed by atoms with Crippen molar-refractivity contribution in [3.05, 3.63) is 0 Å². The van der Waals surface area contributed by atoms with E-state index in [4.69, 9.17) is 27.3 Å². The molecule has 0 bridgehead atoms. The van der Waals surface area contributed by atoms with Gasteiger partial charge in [-0.1, -0.05) is 0 Å². The maximum absolute atomic E-state index is 10.5. The number of nitrogens with one attached hydrogen (secondary N) is 1. The van der Waals surface area contributed by atoms with Crippen molar-refractivity contribution in [2.45, 2.75) is 32.2 Å². The van der Waals surface area contributed by atoms with Gasteiger partial charge in [0.2, 0.25) is 5.82 Å². The number of aliphatic hydroxyl groups is 1. The lowest BCUT2D eigenvalue weighted by Crippen LogP contribution is -2.42. The molecule has 0 spiro atoms. The zero-order chi connectivity index (χ0) is 26.6. The molecule has 0 unspecified atom stereocenters. The summed E-state index contributed by atoms with van der Waals surface area (Å²) in [6.07, 6.45) is -3.28. The standard InChI is InChI=1S/C13H24N4O3S/c1-13(2,3)14-8-10(18)9-20-12-11(15-21-16-12)17-4-6-19-7-5-17/h10,14,18H,4-9H2,1-3H3/t10-/m0/s1/i1D3,2D3,4D2,5D2,8D2,10D. The molecule has 21 heavy (non-hydrogen) atoms. The van der Waals surface area contributed by atoms with Gasteiger partial charge >= 0.3 is 0 Å². The molecule has 0 saturated carbocycles. The number of morpholine rings is 1. The van der Waals surface area contributed by atoms with Crippen LogP contribution in [0.25, 0.3) is 0 Å². The number of rotatable bonds is 6. The summed E-state index contributed by atoms with van der Waals surface area (Å²) < 4.78 is 119. The molecule has 1 aromatic rings. The Bertz CT molecular complexity index is 843. The van der Waals surface area contributed by atoms with Crippen LogP contribution in [0.15, 0.2) is 0 Å². The van der Waals surface area contributed by atoms with Crippen molar-refractivity contribution in [3.8, 4) is 5.88 Å². The van der Waals surface area contributed by atoms with Gasteiger partial charge in [0.25, 0.3) is 5.88 Å². The third kappa shape index (κ3) is 5.39. The Morgan fingerprint density at radius 3 is 3.14 bits per heavy atom. The predicted molar refractivity (Wildman–Crippen MR) is 82.2 cm³/mol. The molecule has 1 fully saturated rings. The normalized spacial score (nSPS) is 35.1. The van der Waals surface area contributed by atoms with Crippen molar-refractivity contribution >= 4 is 17.5 Å². The molecule has 1 aliphatic rings. The second-order valence-electron chi connectivity index (χ2n) is 4.15. The Kier molecular flexibility index (Phi) is 2.19. The summed E-state index contributed by atoms with van der Waals surface area (Å²) in [5.74, 6) is -0.960. The van der Waals surface area contributed by atoms with Crippen LogP contribution in [0.1, 0.15) is 38.4 Å². The molecule has 1 aromatic heterocycles. The molecule has 8 heteroatoms. The molecular formula is C13H24N4O3S. The fourth-order valence-corrected chi connectivity index (χ4v) is 1.74. The lowest BCUT2D eigenvalue weighted by atomic mass is 10.1. The van der Waals surface area contributed by atoms with Crippen molar-refractivity contribution in [2.75, 3.05) is 44.2 Å². The van der Waals surface area contributed by atoms with Crippen LogP contribution in [0, 0.1) is 0 Å². The molecule has 0 radical (unpaired) electrons. The van der Waals surface area contributed by atoms with Crippen molar-refractivity contribution in [3.63, 3.8) is 0 Å². The summed E-state index contributed by atoms with van der Waals surface area (Å²) in [4.78, 5) is 0.610. The summed E-state index contributed by atoms with van der Waals surface area (Å²) in [6, 6.07) is 0. The first-order valence-electron chi connectivity index (χ1n) is 12.3. The van der Waals surface area contributed by atoms with Gasteiger partial charge in [0.1, 0.15) is 12.7 Å². The molecule has 2 heterocycles. The van der Waals surface area contributed by atoms with Crippen LogP contribution in [0.2, 0.25) is 0 Å². The molecule has 1 atom stereocenters. The average molecular weight is 330 g/mol. The fraction of sp³-hybridized carbons (Fsp3) is 0.846. The zero-order valence-electron chi connectivity index (χ0n) is 24.1. The van der Waals surface area contributed by atoms with Crippen LogP contribution in [-0.2, 0) is 4.74 Å². The number of anilines is 1. The van der Waals surface area contributed by atoms with Crippen LogP contribution >= 0.6 is 11.7 Å². The Labute approximate surface area is 147 Å². The molecular weight excluding hydrogens is 292 g/mol. The minimum atomic E-state index is -3.35. The number of aromatic nitrogens is 2. The highest BCUT2D eigenvalue weighted by molar-refractivity contribution is 6.99. The Morgan fingerprint density at radius 1 is 1.67 bits per heavy atom. The van der Waals surface area contributed by atoms with Crippen molar-refractivity contribution in [1.29, 1.82) is 0 Å². The van der Waals surface area contributed by atoms with E-state index in [1.54, 1.807) is 5.32 Å². The maximum Gasteiger partial charge on any atom is 0.270 e. The van der Waals surface area contributed by atoms with Crippen LogP contribution in [0.4, 0.5) is 5.82 Å². The summed E-state index contributed by atoms with van der Waals surface area (Å²) in [7, 11) is 0. The lowest BCUT2D eigenvalue weighted by Gasteiger charge is -2.27. The number of hydrogen-bond donors (Lipinski definition) is 2. The van der Waals surface area contributed by atoms with E-state index >= 15 is 0 Å². The van der Waals surface area contributed by atoms with Crippen molar-refractivity contribution < 1.29 is 32.4 Å². The molecule has 120 valence electrons. The summed E-state index contributed by atoms with van der Waals surface area (Å²) >= 11 is 0.494. The van der Waals surface area contributed by atoms with E-state index in [0.717, 1.165) is 0 Å². The van der Waals surface area contributed by atoms with Crippen LogP contribution < -0.4 is 15.0 Å². The third-order valence-electron chi connectivity index (χ3n) is 2.11. The SMILES string of the molecule is [2H]C1([2H])COCC([2H])([2H])N1c1nsnc1OC[C@@]([2H])(O)C([2H])([2H])NC(C)(C([2H])([2H])[2H])C([2H])([2H])[2H]. The number of hydrogen-bond acceptors (Lipinski definition) is 8. The number of ether oxygens (including phenoxy) is 2. The number of β-amino-alcohol motifs (C(OH)–C–C–N with tert-alkyl or cyclic N) is 1. The first kappa shape index (κ1) is 6.27. The smallest absolute Gasteiger partial charge is 0.270 e. The molecule has 0 aromatic carbocycles. The van der Waals surface area contributed by atoms with Gasteiger partial charge in [-0.25, -0.2) is 0 Å². The summed E-state index contributed by atoms with van der Waals surface area (Å²) in [5.41, 5.74) is -2.86. The fourth-order valence-electron chi connectivity index (χ4n) is 1.25. The molecule has 0 amide bonds. The predicted octanol–water partition coefficient (Wildman–Crippen LogP) is 0.502. The topological polar surface area (TPSA) is 79.7 Å². The second kappa shape index (κ2) is 7.35. The average Bonchev–Trinajstić information content (AvgIpc) is 3.03. The molecule has 2 rings (SSSR count). The molecule has 7 nitrogen and oxygen atoms in total. The zero-order valence-corrected chi connectivity index (χ0v) is 12.0. The lowest BCUT2D eigenvalue weighted by molar-refractivity contribution is 0.0975. The molecule has 2 N–H and O–H groups in total. The summed E-state index contributed by atoms with van der Waals surface area (Å²) in [6.45, 7) is -16.2. The van der Waals surface area contributed by atoms with Gasteiger partial charge in [-0.2, -0.15) is 4.37 Å². The quantitative estimate of drug-likeness (QED) is 0.787. The molecule has 1 aliphatic heterocycles. The second-order valence-corrected chi connectivity index (χ2v) is 4.68. The highest BCUT2D eigenvalue weighted by atomic mass is 32.1. The van der Waals surface area contributed by atoms with Gasteiger partial charge in [0.15, 0.2) is 0 Å². The Hall–Kier alpha value is -0.960. The van der Waals surface area contributed by atoms with Crippen LogP contribution in [-0.4, -0.2) is 64.8 Å². The third-order valence-corrected chi connectivity index (χ3v) is 2.61. The Morgan fingerprint density at radius 2 is 2.43 bits per heavy atom. The monoisotopic (exact) mass is 329 g/mol. The van der Waals surface area contributed by atoms with E-state index in [0.29, 0.717) is 23.6 Å². The van der Waals surface area contributed by atoms with Gasteiger partial charge in [0, 0.05) is 36.0 Å². The van der Waals surface area contributed by atoms with E-state index in [9.17, 15) is 5.11 Å². The van der Waals surface area contributed by atoms with E-state index in [-0.39, 0.29) is 0 Å². The van der Waals surface area contributed by atoms with E-state index in [1.807, 2.05) is 0 Å². The minimum absolute atomic E-state index is 0.428. The van der Waals surface area contributed by atoms with Gasteiger partial charge in [-0.05, 0) is 20.6 Å². The van der Waals surface area contributed by atoms with Gasteiger partial charge in [-0.3, -0.25) is 0 Å². The van der Waals surface area contributed by atoms with Crippen molar-refractivity contribution in [1.82, 2.24) is 14.1 Å². The van der Waals surface area contributed by atoms with Gasteiger partial charge in [0.05, 0.1) is 31.8 Å². The van der Waals surface area contributed by atoms with Crippen LogP contribution in [0.3, 0.4) is 0 Å². The van der Waals surface area contributed by atoms with Gasteiger partial charge < -0.3 is 24.8 Å². The highest BCUT2D eigenvalue weighted by Gasteiger charge is 2.21. The maximum atomic E-state index is 10.5. The van der Waals surface area contributed by atoms with E-state index in [2.05, 4.69) is 8.75 Å². The minimum Gasteiger partial charge on any atom is -0.472 e. The van der Waals surface area contributed by atoms with E-state index in [1.165, 1.54) is 0 Å². The Balaban J connectivity index is 2.30.